The summed E-state index contributed by atoms with van der Waals surface area (Å²) in [5.74, 6) is -1.05. The molecule has 3 amide bonds. The molecular weight excluding hydrogens is 508 g/mol. The van der Waals surface area contributed by atoms with Crippen molar-refractivity contribution in [3.05, 3.63) is 70.1 Å². The summed E-state index contributed by atoms with van der Waals surface area (Å²) < 4.78 is 15.9. The Bertz CT molecular complexity index is 1240. The van der Waals surface area contributed by atoms with Gasteiger partial charge in [-0.2, -0.15) is 0 Å². The van der Waals surface area contributed by atoms with Crippen LogP contribution in [0.3, 0.4) is 0 Å². The molecule has 1 fully saturated rings. The van der Waals surface area contributed by atoms with Crippen LogP contribution in [-0.2, 0) is 14.3 Å². The lowest BCUT2D eigenvalue weighted by Crippen LogP contribution is -2.36. The zero-order valence-corrected chi connectivity index (χ0v) is 21.1. The molecule has 0 radical (unpaired) electrons. The van der Waals surface area contributed by atoms with Gasteiger partial charge in [-0.05, 0) is 49.0 Å². The maximum absolute atomic E-state index is 12.9. The monoisotopic (exact) mass is 530 g/mol. The minimum absolute atomic E-state index is 0.0817. The lowest BCUT2D eigenvalue weighted by molar-refractivity contribution is -0.127. The largest absolute Gasteiger partial charge is 0.493 e. The summed E-state index contributed by atoms with van der Waals surface area (Å²) in [6.45, 7) is 5.14. The fourth-order valence-electron chi connectivity index (χ4n) is 3.19. The van der Waals surface area contributed by atoms with E-state index < -0.39 is 29.6 Å². The summed E-state index contributed by atoms with van der Waals surface area (Å²) in [6, 6.07) is 9.43. The van der Waals surface area contributed by atoms with E-state index in [1.165, 1.54) is 31.4 Å². The van der Waals surface area contributed by atoms with Crippen molar-refractivity contribution >= 4 is 58.1 Å². The van der Waals surface area contributed by atoms with Gasteiger partial charge in [0.2, 0.25) is 5.91 Å². The number of anilines is 1. The molecule has 2 aromatic rings. The predicted octanol–water partition coefficient (Wildman–Crippen LogP) is 4.77. The summed E-state index contributed by atoms with van der Waals surface area (Å²) in [4.78, 5) is 51.0. The number of hydrogen-bond donors (Lipinski definition) is 1. The second-order valence-corrected chi connectivity index (χ2v) is 8.61. The molecule has 0 atom stereocenters. The van der Waals surface area contributed by atoms with Gasteiger partial charge in [0.1, 0.15) is 13.2 Å². The molecule has 1 aliphatic heterocycles. The van der Waals surface area contributed by atoms with Crippen LogP contribution in [0.5, 0.6) is 11.5 Å². The molecule has 1 aliphatic rings. The Morgan fingerprint density at radius 2 is 2.00 bits per heavy atom. The topological polar surface area (TPSA) is 111 Å². The van der Waals surface area contributed by atoms with Crippen LogP contribution < -0.4 is 14.8 Å². The van der Waals surface area contributed by atoms with Gasteiger partial charge in [0.15, 0.2) is 11.5 Å². The molecule has 0 aliphatic carbocycles. The summed E-state index contributed by atoms with van der Waals surface area (Å²) in [7, 11) is 1.49. The van der Waals surface area contributed by atoms with E-state index in [0.717, 1.165) is 4.90 Å². The van der Waals surface area contributed by atoms with Crippen molar-refractivity contribution in [2.45, 2.75) is 6.92 Å². The van der Waals surface area contributed by atoms with Crippen molar-refractivity contribution < 1.29 is 33.4 Å². The number of methoxy groups -OCH3 is 1. The van der Waals surface area contributed by atoms with Gasteiger partial charge in [-0.1, -0.05) is 36.4 Å². The third kappa shape index (κ3) is 6.27. The highest BCUT2D eigenvalue weighted by Crippen LogP contribution is 2.37. The van der Waals surface area contributed by atoms with Crippen molar-refractivity contribution in [3.8, 4) is 11.5 Å². The summed E-state index contributed by atoms with van der Waals surface area (Å²) >= 11 is 6.75. The van der Waals surface area contributed by atoms with Crippen molar-refractivity contribution in [1.29, 1.82) is 0 Å². The van der Waals surface area contributed by atoms with Crippen LogP contribution in [0.1, 0.15) is 22.8 Å². The average molecular weight is 531 g/mol. The molecule has 0 spiro atoms. The van der Waals surface area contributed by atoms with Crippen LogP contribution in [0.2, 0.25) is 5.02 Å². The number of nitrogens with one attached hydrogen (secondary N) is 1. The fraction of sp³-hybridized carbons (Fsp3) is 0.200. The number of carbonyl (C=O) groups excluding carboxylic acids is 4. The Labute approximate surface area is 217 Å². The van der Waals surface area contributed by atoms with E-state index in [0.29, 0.717) is 28.8 Å². The van der Waals surface area contributed by atoms with Crippen molar-refractivity contribution in [3.63, 3.8) is 0 Å². The highest BCUT2D eigenvalue weighted by molar-refractivity contribution is 8.18. The normalized spacial score (nSPS) is 14.1. The van der Waals surface area contributed by atoms with E-state index in [2.05, 4.69) is 11.9 Å². The van der Waals surface area contributed by atoms with Gasteiger partial charge in [0.05, 0.1) is 29.2 Å². The number of esters is 1. The van der Waals surface area contributed by atoms with E-state index >= 15 is 0 Å². The highest BCUT2D eigenvalue weighted by atomic mass is 35.5. The minimum Gasteiger partial charge on any atom is -0.493 e. The molecule has 1 N–H and O–H groups in total. The Balaban J connectivity index is 1.75. The minimum atomic E-state index is -0.636. The molecule has 1 heterocycles. The number of halogens is 1. The van der Waals surface area contributed by atoms with Gasteiger partial charge in [-0.25, -0.2) is 4.79 Å². The second-order valence-electron chi connectivity index (χ2n) is 7.21. The fourth-order valence-corrected chi connectivity index (χ4v) is 4.22. The first kappa shape index (κ1) is 26.8. The number of rotatable bonds is 10. The predicted molar refractivity (Wildman–Crippen MR) is 137 cm³/mol. The number of imide groups is 1. The summed E-state index contributed by atoms with van der Waals surface area (Å²) in [5, 5.41) is 2.13. The van der Waals surface area contributed by atoms with Gasteiger partial charge in [-0.3, -0.25) is 19.3 Å². The molecule has 2 aromatic carbocycles. The van der Waals surface area contributed by atoms with E-state index in [9.17, 15) is 19.2 Å². The standard InChI is InChI=1S/C25H23ClN2O7S/c1-4-11-35-22-15(7-6-8-19(22)33-3)12-20-23(30)28(25(32)36-20)14-21(29)27-16-9-10-18(26)17(13-16)24(31)34-5-2/h4,6-10,12-13H,1,5,11,14H2,2-3H3,(H,27,29)/b20-12-. The van der Waals surface area contributed by atoms with Crippen molar-refractivity contribution in [2.75, 3.05) is 32.2 Å². The number of amides is 3. The van der Waals surface area contributed by atoms with Gasteiger partial charge in [0.25, 0.3) is 11.1 Å². The zero-order chi connectivity index (χ0) is 26.2. The van der Waals surface area contributed by atoms with Crippen LogP contribution in [-0.4, -0.2) is 54.8 Å². The molecule has 0 unspecified atom stereocenters. The number of ether oxygens (including phenoxy) is 3. The maximum Gasteiger partial charge on any atom is 0.339 e. The molecule has 11 heteroatoms. The number of carbonyl (C=O) groups is 4. The zero-order valence-electron chi connectivity index (χ0n) is 19.5. The van der Waals surface area contributed by atoms with E-state index in [-0.39, 0.29) is 34.4 Å². The molecule has 3 rings (SSSR count). The van der Waals surface area contributed by atoms with Gasteiger partial charge in [-0.15, -0.1) is 0 Å². The summed E-state index contributed by atoms with van der Waals surface area (Å²) in [6.07, 6.45) is 3.08. The van der Waals surface area contributed by atoms with E-state index in [4.69, 9.17) is 25.8 Å². The first-order valence-electron chi connectivity index (χ1n) is 10.7. The van der Waals surface area contributed by atoms with Crippen LogP contribution in [0.15, 0.2) is 54.0 Å². The van der Waals surface area contributed by atoms with Crippen LogP contribution in [0, 0.1) is 0 Å². The Kier molecular flexibility index (Phi) is 9.15. The molecule has 1 saturated heterocycles. The number of benzene rings is 2. The molecule has 36 heavy (non-hydrogen) atoms. The number of para-hydroxylation sites is 1. The van der Waals surface area contributed by atoms with Gasteiger partial charge >= 0.3 is 5.97 Å². The first-order valence-corrected chi connectivity index (χ1v) is 11.9. The molecular formula is C25H23ClN2O7S. The Hall–Kier alpha value is -3.76. The average Bonchev–Trinajstić information content (AvgIpc) is 3.11. The molecule has 9 nitrogen and oxygen atoms in total. The van der Waals surface area contributed by atoms with Crippen molar-refractivity contribution in [2.24, 2.45) is 0 Å². The first-order chi connectivity index (χ1) is 17.3. The van der Waals surface area contributed by atoms with Crippen LogP contribution >= 0.6 is 23.4 Å². The third-order valence-electron chi connectivity index (χ3n) is 4.78. The smallest absolute Gasteiger partial charge is 0.339 e. The van der Waals surface area contributed by atoms with E-state index in [1.54, 1.807) is 31.2 Å². The lowest BCUT2D eigenvalue weighted by Gasteiger charge is -2.14. The van der Waals surface area contributed by atoms with Gasteiger partial charge < -0.3 is 19.5 Å². The van der Waals surface area contributed by atoms with Crippen molar-refractivity contribution in [1.82, 2.24) is 4.90 Å². The molecule has 0 bridgehead atoms. The van der Waals surface area contributed by atoms with Crippen LogP contribution in [0.25, 0.3) is 6.08 Å². The summed E-state index contributed by atoms with van der Waals surface area (Å²) in [5.41, 5.74) is 0.868. The number of nitrogens with zero attached hydrogens (tertiary/aromatic N) is 1. The molecule has 188 valence electrons. The number of hydrogen-bond acceptors (Lipinski definition) is 8. The molecule has 0 aromatic heterocycles. The quantitative estimate of drug-likeness (QED) is 0.266. The second kappa shape index (κ2) is 12.3. The Morgan fingerprint density at radius 1 is 1.22 bits per heavy atom. The van der Waals surface area contributed by atoms with Gasteiger partial charge in [0, 0.05) is 11.3 Å². The molecule has 0 saturated carbocycles. The third-order valence-corrected chi connectivity index (χ3v) is 6.02. The van der Waals surface area contributed by atoms with E-state index in [1.807, 2.05) is 0 Å². The lowest BCUT2D eigenvalue weighted by atomic mass is 10.1. The maximum atomic E-state index is 12.9. The highest BCUT2D eigenvalue weighted by Gasteiger charge is 2.36. The van der Waals surface area contributed by atoms with Crippen LogP contribution in [0.4, 0.5) is 10.5 Å². The Morgan fingerprint density at radius 3 is 2.69 bits per heavy atom. The SMILES string of the molecule is C=CCOc1c(/C=C2\SC(=O)N(CC(=O)Nc3ccc(Cl)c(C(=O)OCC)c3)C2=O)cccc1OC. The number of thioether (sulfide) groups is 1.